The van der Waals surface area contributed by atoms with Crippen LogP contribution in [-0.4, -0.2) is 23.7 Å². The van der Waals surface area contributed by atoms with Crippen molar-refractivity contribution in [2.24, 2.45) is 5.92 Å². The van der Waals surface area contributed by atoms with Gasteiger partial charge in [-0.25, -0.2) is 4.57 Å². The summed E-state index contributed by atoms with van der Waals surface area (Å²) in [6.45, 7) is 9.65. The van der Waals surface area contributed by atoms with Gasteiger partial charge >= 0.3 is 7.82 Å². The van der Waals surface area contributed by atoms with Crippen molar-refractivity contribution in [3.63, 3.8) is 0 Å². The van der Waals surface area contributed by atoms with Crippen LogP contribution in [0, 0.1) is 18.3 Å². The van der Waals surface area contributed by atoms with Crippen molar-refractivity contribution in [2.45, 2.75) is 47.5 Å². The van der Waals surface area contributed by atoms with Crippen LogP contribution < -0.4 is 0 Å². The number of rotatable bonds is 8. The summed E-state index contributed by atoms with van der Waals surface area (Å²) in [6.07, 6.45) is 12.8. The Morgan fingerprint density at radius 2 is 2.04 bits per heavy atom. The van der Waals surface area contributed by atoms with E-state index in [1.165, 1.54) is 0 Å². The molecule has 0 spiro atoms. The number of aliphatic hydroxyl groups is 1. The average molecular weight is 406 g/mol. The molecule has 1 aliphatic carbocycles. The van der Waals surface area contributed by atoms with Crippen LogP contribution in [0.5, 0.6) is 0 Å². The SMILES string of the molecule is C#C/C(=C\C(=C(/C)O)C(C)C)CC1=C(C)C=C(COP(=O)(O)OC)C=C(C)C1. The highest BCUT2D eigenvalue weighted by Gasteiger charge is 2.19. The van der Waals surface area contributed by atoms with Gasteiger partial charge in [0.15, 0.2) is 0 Å². The Labute approximate surface area is 168 Å². The van der Waals surface area contributed by atoms with Crippen LogP contribution in [0.15, 0.2) is 57.4 Å². The normalized spacial score (nSPS) is 18.8. The van der Waals surface area contributed by atoms with Gasteiger partial charge in [-0.15, -0.1) is 6.42 Å². The predicted molar refractivity (Wildman–Crippen MR) is 114 cm³/mol. The van der Waals surface area contributed by atoms with Crippen LogP contribution in [0.3, 0.4) is 0 Å². The number of terminal acetylenes is 1. The Balaban J connectivity index is 3.15. The van der Waals surface area contributed by atoms with Gasteiger partial charge in [-0.1, -0.05) is 48.6 Å². The summed E-state index contributed by atoms with van der Waals surface area (Å²) in [5.41, 5.74) is 5.71. The quantitative estimate of drug-likeness (QED) is 0.231. The van der Waals surface area contributed by atoms with Crippen LogP contribution in [0.2, 0.25) is 0 Å². The smallest absolute Gasteiger partial charge is 0.472 e. The highest BCUT2D eigenvalue weighted by Crippen LogP contribution is 2.42. The average Bonchev–Trinajstić information content (AvgIpc) is 2.74. The van der Waals surface area contributed by atoms with Gasteiger partial charge < -0.3 is 10.00 Å². The van der Waals surface area contributed by atoms with Crippen molar-refractivity contribution in [2.75, 3.05) is 13.7 Å². The molecule has 1 unspecified atom stereocenters. The van der Waals surface area contributed by atoms with E-state index in [2.05, 4.69) is 10.4 Å². The molecule has 5 nitrogen and oxygen atoms in total. The molecule has 0 saturated carbocycles. The van der Waals surface area contributed by atoms with Crippen molar-refractivity contribution in [3.05, 3.63) is 57.4 Å². The number of aliphatic hydroxyl groups excluding tert-OH is 1. The van der Waals surface area contributed by atoms with Crippen LogP contribution in [-0.2, 0) is 13.6 Å². The number of phosphoric acid groups is 1. The zero-order valence-corrected chi connectivity index (χ0v) is 18.5. The summed E-state index contributed by atoms with van der Waals surface area (Å²) in [4.78, 5) is 9.43. The van der Waals surface area contributed by atoms with E-state index in [4.69, 9.17) is 10.9 Å². The van der Waals surface area contributed by atoms with E-state index in [9.17, 15) is 14.6 Å². The zero-order valence-electron chi connectivity index (χ0n) is 17.6. The van der Waals surface area contributed by atoms with Gasteiger partial charge in [0.05, 0.1) is 12.4 Å². The Kier molecular flexibility index (Phi) is 9.20. The standard InChI is InChI=1S/C22H31O5P/c1-8-19(13-22(15(2)3)18(6)23)12-21-10-16(4)9-20(11-17(21)5)14-27-28(24,25)26-7/h1,9,11,13,15,23H,10,12,14H2,2-7H3,(H,24,25)/b19-13+,22-18-. The second-order valence-corrected chi connectivity index (χ2v) is 8.84. The van der Waals surface area contributed by atoms with E-state index in [0.717, 1.165) is 47.0 Å². The monoisotopic (exact) mass is 406 g/mol. The van der Waals surface area contributed by atoms with Crippen LogP contribution in [0.1, 0.15) is 47.5 Å². The molecule has 154 valence electrons. The third-order valence-electron chi connectivity index (χ3n) is 4.47. The molecule has 0 heterocycles. The van der Waals surface area contributed by atoms with E-state index in [1.807, 2.05) is 45.9 Å². The van der Waals surface area contributed by atoms with Gasteiger partial charge in [0.25, 0.3) is 0 Å². The lowest BCUT2D eigenvalue weighted by Gasteiger charge is -2.13. The summed E-state index contributed by atoms with van der Waals surface area (Å²) in [5, 5.41) is 9.92. The van der Waals surface area contributed by atoms with Gasteiger partial charge in [-0.3, -0.25) is 9.05 Å². The lowest BCUT2D eigenvalue weighted by Crippen LogP contribution is -1.98. The molecular weight excluding hydrogens is 375 g/mol. The molecule has 0 fully saturated rings. The molecule has 0 amide bonds. The molecule has 0 radical (unpaired) electrons. The van der Waals surface area contributed by atoms with Gasteiger partial charge in [-0.05, 0) is 50.3 Å². The van der Waals surface area contributed by atoms with Gasteiger partial charge in [0.1, 0.15) is 0 Å². The number of phosphoric ester groups is 1. The minimum atomic E-state index is -4.02. The van der Waals surface area contributed by atoms with Crippen molar-refractivity contribution < 1.29 is 23.6 Å². The van der Waals surface area contributed by atoms with Crippen LogP contribution >= 0.6 is 7.82 Å². The molecular formula is C22H31O5P. The fraction of sp³-hybridized carbons (Fsp3) is 0.455. The van der Waals surface area contributed by atoms with Crippen LogP contribution in [0.4, 0.5) is 0 Å². The fourth-order valence-electron chi connectivity index (χ4n) is 3.01. The fourth-order valence-corrected chi connectivity index (χ4v) is 3.43. The Hall–Kier alpha value is -1.83. The van der Waals surface area contributed by atoms with E-state index < -0.39 is 7.82 Å². The Morgan fingerprint density at radius 1 is 1.39 bits per heavy atom. The van der Waals surface area contributed by atoms with Gasteiger partial charge in [-0.2, -0.15) is 0 Å². The first-order chi connectivity index (χ1) is 13.0. The molecule has 6 heteroatoms. The van der Waals surface area contributed by atoms with Crippen LogP contribution in [0.25, 0.3) is 0 Å². The Bertz CT molecular complexity index is 827. The lowest BCUT2D eigenvalue weighted by molar-refractivity contribution is 0.186. The molecule has 0 aromatic rings. The number of allylic oxidation sites excluding steroid dienone is 8. The maximum Gasteiger partial charge on any atom is 0.472 e. The molecule has 0 saturated heterocycles. The predicted octanol–water partition coefficient (Wildman–Crippen LogP) is 5.78. The summed E-state index contributed by atoms with van der Waals surface area (Å²) < 4.78 is 21.0. The third kappa shape index (κ3) is 7.66. The van der Waals surface area contributed by atoms with E-state index in [-0.39, 0.29) is 18.3 Å². The van der Waals surface area contributed by atoms with Crippen molar-refractivity contribution in [1.82, 2.24) is 0 Å². The van der Waals surface area contributed by atoms with E-state index in [1.54, 1.807) is 6.92 Å². The molecule has 0 aliphatic heterocycles. The molecule has 0 bridgehead atoms. The molecule has 0 aromatic heterocycles. The van der Waals surface area contributed by atoms with Gasteiger partial charge in [0.2, 0.25) is 0 Å². The van der Waals surface area contributed by atoms with Crippen molar-refractivity contribution in [3.8, 4) is 12.3 Å². The lowest BCUT2D eigenvalue weighted by atomic mass is 9.93. The molecule has 0 aromatic carbocycles. The number of hydrogen-bond acceptors (Lipinski definition) is 4. The summed E-state index contributed by atoms with van der Waals surface area (Å²) in [5.74, 6) is 3.18. The second-order valence-electron chi connectivity index (χ2n) is 7.28. The largest absolute Gasteiger partial charge is 0.512 e. The maximum absolute atomic E-state index is 11.5. The second kappa shape index (κ2) is 10.6. The van der Waals surface area contributed by atoms with Crippen molar-refractivity contribution in [1.29, 1.82) is 0 Å². The van der Waals surface area contributed by atoms with E-state index >= 15 is 0 Å². The van der Waals surface area contributed by atoms with Gasteiger partial charge in [0, 0.05) is 19.1 Å². The maximum atomic E-state index is 11.5. The minimum absolute atomic E-state index is 0.0225. The third-order valence-corrected chi connectivity index (χ3v) is 5.38. The molecule has 28 heavy (non-hydrogen) atoms. The zero-order chi connectivity index (χ0) is 21.5. The molecule has 2 N–H and O–H groups in total. The molecule has 1 atom stereocenters. The first-order valence-corrected chi connectivity index (χ1v) is 10.6. The van der Waals surface area contributed by atoms with Crippen molar-refractivity contribution >= 4 is 7.82 Å². The van der Waals surface area contributed by atoms with E-state index in [0.29, 0.717) is 6.42 Å². The first-order valence-electron chi connectivity index (χ1n) is 9.15. The highest BCUT2D eigenvalue weighted by atomic mass is 31.2. The summed E-state index contributed by atoms with van der Waals surface area (Å²) in [7, 11) is -2.89. The number of hydrogen-bond donors (Lipinski definition) is 2. The summed E-state index contributed by atoms with van der Waals surface area (Å²) >= 11 is 0. The first kappa shape index (κ1) is 24.2. The topological polar surface area (TPSA) is 76.0 Å². The highest BCUT2D eigenvalue weighted by molar-refractivity contribution is 7.47. The Morgan fingerprint density at radius 3 is 2.54 bits per heavy atom. The summed E-state index contributed by atoms with van der Waals surface area (Å²) in [6, 6.07) is 0. The molecule has 1 aliphatic rings. The molecule has 1 rings (SSSR count). The minimum Gasteiger partial charge on any atom is -0.512 e.